The van der Waals surface area contributed by atoms with Gasteiger partial charge in [-0.15, -0.1) is 5.11 Å². The zero-order valence-electron chi connectivity index (χ0n) is 14.9. The monoisotopic (exact) mass is 324 g/mol. The highest BCUT2D eigenvalue weighted by molar-refractivity contribution is 5.46. The van der Waals surface area contributed by atoms with Crippen LogP contribution in [0.5, 0.6) is 0 Å². The van der Waals surface area contributed by atoms with E-state index in [4.69, 9.17) is 0 Å². The quantitative estimate of drug-likeness (QED) is 0.590. The molecule has 0 amide bonds. The summed E-state index contributed by atoms with van der Waals surface area (Å²) in [6.07, 6.45) is 1.54. The van der Waals surface area contributed by atoms with Gasteiger partial charge in [-0.05, 0) is 40.2 Å². The molecule has 0 aliphatic carbocycles. The Morgan fingerprint density at radius 1 is 1.17 bits per heavy atom. The highest BCUT2D eigenvalue weighted by Crippen LogP contribution is 2.21. The van der Waals surface area contributed by atoms with Crippen molar-refractivity contribution >= 4 is 5.82 Å². The second-order valence-corrected chi connectivity index (χ2v) is 6.39. The van der Waals surface area contributed by atoms with E-state index in [0.29, 0.717) is 17.9 Å². The molecule has 0 fully saturated rings. The molecule has 0 bridgehead atoms. The van der Waals surface area contributed by atoms with Crippen LogP contribution in [0.2, 0.25) is 0 Å². The molecule has 0 radical (unpaired) electrons. The molecule has 0 saturated carbocycles. The second-order valence-electron chi connectivity index (χ2n) is 6.39. The lowest BCUT2D eigenvalue weighted by Gasteiger charge is -2.25. The molecule has 1 heterocycles. The number of rotatable bonds is 6. The van der Waals surface area contributed by atoms with Crippen molar-refractivity contribution in [3.8, 4) is 6.07 Å². The molecule has 1 aromatic carbocycles. The molecular formula is C18H24N6. The Bertz CT molecular complexity index is 726. The lowest BCUT2D eigenvalue weighted by molar-refractivity contribution is 0.169. The predicted octanol–water partition coefficient (Wildman–Crippen LogP) is 4.23. The Labute approximate surface area is 143 Å². The van der Waals surface area contributed by atoms with Gasteiger partial charge in [0.15, 0.2) is 5.82 Å². The number of nitrogens with zero attached hydrogens (tertiary/aromatic N) is 6. The third kappa shape index (κ3) is 4.19. The molecule has 6 nitrogen and oxygen atoms in total. The highest BCUT2D eigenvalue weighted by Gasteiger charge is 2.14. The summed E-state index contributed by atoms with van der Waals surface area (Å²) >= 11 is 0. The minimum absolute atomic E-state index is 0.229. The van der Waals surface area contributed by atoms with Crippen molar-refractivity contribution in [2.45, 2.75) is 53.2 Å². The Balaban J connectivity index is 2.30. The average molecular weight is 324 g/mol. The molecule has 2 rings (SSSR count). The van der Waals surface area contributed by atoms with Gasteiger partial charge in [-0.1, -0.05) is 35.1 Å². The third-order valence-electron chi connectivity index (χ3n) is 3.69. The van der Waals surface area contributed by atoms with E-state index in [0.717, 1.165) is 5.56 Å². The van der Waals surface area contributed by atoms with E-state index in [9.17, 15) is 5.26 Å². The molecule has 0 atom stereocenters. The first-order valence-corrected chi connectivity index (χ1v) is 8.13. The van der Waals surface area contributed by atoms with Crippen molar-refractivity contribution < 1.29 is 0 Å². The summed E-state index contributed by atoms with van der Waals surface area (Å²) in [5.41, 5.74) is 2.74. The van der Waals surface area contributed by atoms with Crippen LogP contribution in [0.4, 0.5) is 5.82 Å². The van der Waals surface area contributed by atoms with E-state index >= 15 is 0 Å². The maximum absolute atomic E-state index is 9.30. The van der Waals surface area contributed by atoms with Gasteiger partial charge in [0.1, 0.15) is 11.6 Å². The van der Waals surface area contributed by atoms with Crippen LogP contribution in [0.3, 0.4) is 0 Å². The lowest BCUT2D eigenvalue weighted by Crippen LogP contribution is -2.31. The fourth-order valence-corrected chi connectivity index (χ4v) is 2.44. The summed E-state index contributed by atoms with van der Waals surface area (Å²) in [6, 6.07) is 10.8. The zero-order valence-corrected chi connectivity index (χ0v) is 14.9. The van der Waals surface area contributed by atoms with Gasteiger partial charge in [0.25, 0.3) is 0 Å². The van der Waals surface area contributed by atoms with E-state index < -0.39 is 0 Å². The summed E-state index contributed by atoms with van der Waals surface area (Å²) < 4.78 is 1.71. The molecule has 24 heavy (non-hydrogen) atoms. The lowest BCUT2D eigenvalue weighted by atomic mass is 10.1. The molecule has 0 saturated heterocycles. The summed E-state index contributed by atoms with van der Waals surface area (Å²) in [6.45, 7) is 10.9. The molecule has 2 aromatic rings. The summed E-state index contributed by atoms with van der Waals surface area (Å²) in [7, 11) is 0. The maximum Gasteiger partial charge on any atom is 0.193 e. The molecule has 0 aliphatic heterocycles. The van der Waals surface area contributed by atoms with Crippen LogP contribution in [-0.2, 0) is 6.54 Å². The van der Waals surface area contributed by atoms with Crippen LogP contribution in [0.25, 0.3) is 0 Å². The number of aromatic nitrogens is 2. The third-order valence-corrected chi connectivity index (χ3v) is 3.69. The van der Waals surface area contributed by atoms with Gasteiger partial charge >= 0.3 is 0 Å². The van der Waals surface area contributed by atoms with Crippen molar-refractivity contribution in [1.29, 1.82) is 5.26 Å². The zero-order chi connectivity index (χ0) is 17.7. The molecule has 0 N–H and O–H groups in total. The van der Waals surface area contributed by atoms with Crippen LogP contribution in [-0.4, -0.2) is 26.9 Å². The standard InChI is InChI=1S/C18H24N6/c1-13(2)24(14(3)4)22-21-18-17(10-19)11-20-23(18)12-16-8-6-15(5)7-9-16/h6-9,11,13-14H,12H2,1-5H3/b22-21+. The van der Waals surface area contributed by atoms with Crippen molar-refractivity contribution in [2.24, 2.45) is 10.3 Å². The van der Waals surface area contributed by atoms with Gasteiger partial charge < -0.3 is 0 Å². The molecule has 6 heteroatoms. The largest absolute Gasteiger partial charge is 0.273 e. The van der Waals surface area contributed by atoms with Crippen molar-refractivity contribution in [1.82, 2.24) is 14.8 Å². The van der Waals surface area contributed by atoms with Crippen molar-refractivity contribution in [3.63, 3.8) is 0 Å². The molecule has 126 valence electrons. The number of hydrogen-bond donors (Lipinski definition) is 0. The first kappa shape index (κ1) is 17.7. The number of nitriles is 1. The van der Waals surface area contributed by atoms with E-state index in [1.807, 2.05) is 5.01 Å². The van der Waals surface area contributed by atoms with Gasteiger partial charge in [0, 0.05) is 12.1 Å². The van der Waals surface area contributed by atoms with Gasteiger partial charge in [0.05, 0.1) is 12.7 Å². The normalized spacial score (nSPS) is 11.4. The molecule has 0 unspecified atom stereocenters. The SMILES string of the molecule is Cc1ccc(Cn2ncc(C#N)c2/N=N/N(C(C)C)C(C)C)cc1. The Hall–Kier alpha value is -2.68. The summed E-state index contributed by atoms with van der Waals surface area (Å²) in [5, 5.41) is 24.2. The predicted molar refractivity (Wildman–Crippen MR) is 93.9 cm³/mol. The van der Waals surface area contributed by atoms with Gasteiger partial charge in [-0.3, -0.25) is 5.01 Å². The Morgan fingerprint density at radius 2 is 1.79 bits per heavy atom. The first-order chi connectivity index (χ1) is 11.4. The summed E-state index contributed by atoms with van der Waals surface area (Å²) in [4.78, 5) is 0. The minimum atomic E-state index is 0.229. The highest BCUT2D eigenvalue weighted by atomic mass is 15.6. The van der Waals surface area contributed by atoms with Gasteiger partial charge in [-0.25, -0.2) is 4.68 Å². The molecule has 0 spiro atoms. The smallest absolute Gasteiger partial charge is 0.193 e. The second kappa shape index (κ2) is 7.73. The minimum Gasteiger partial charge on any atom is -0.273 e. The van der Waals surface area contributed by atoms with Crippen molar-refractivity contribution in [2.75, 3.05) is 0 Å². The molecule has 0 aliphatic rings. The van der Waals surface area contributed by atoms with Gasteiger partial charge in [-0.2, -0.15) is 10.4 Å². The topological polar surface area (TPSA) is 69.6 Å². The van der Waals surface area contributed by atoms with Crippen LogP contribution in [0.15, 0.2) is 40.8 Å². The van der Waals surface area contributed by atoms with E-state index in [2.05, 4.69) is 80.4 Å². The maximum atomic E-state index is 9.30. The fourth-order valence-electron chi connectivity index (χ4n) is 2.44. The Kier molecular flexibility index (Phi) is 5.69. The molecular weight excluding hydrogens is 300 g/mol. The first-order valence-electron chi connectivity index (χ1n) is 8.13. The van der Waals surface area contributed by atoms with Gasteiger partial charge in [0.2, 0.25) is 0 Å². The van der Waals surface area contributed by atoms with Crippen LogP contribution >= 0.6 is 0 Å². The van der Waals surface area contributed by atoms with E-state index in [1.54, 1.807) is 4.68 Å². The molecule has 1 aromatic heterocycles. The number of aryl methyl sites for hydroxylation is 1. The van der Waals surface area contributed by atoms with Crippen LogP contribution in [0, 0.1) is 18.3 Å². The Morgan fingerprint density at radius 3 is 2.33 bits per heavy atom. The van der Waals surface area contributed by atoms with Crippen LogP contribution in [0.1, 0.15) is 44.4 Å². The fraction of sp³-hybridized carbons (Fsp3) is 0.444. The number of hydrogen-bond acceptors (Lipinski definition) is 4. The van der Waals surface area contributed by atoms with E-state index in [1.165, 1.54) is 11.8 Å². The van der Waals surface area contributed by atoms with E-state index in [-0.39, 0.29) is 12.1 Å². The van der Waals surface area contributed by atoms with Crippen LogP contribution < -0.4 is 0 Å². The number of benzene rings is 1. The summed E-state index contributed by atoms with van der Waals surface area (Å²) in [5.74, 6) is 0.490. The average Bonchev–Trinajstić information content (AvgIpc) is 2.91. The van der Waals surface area contributed by atoms with Crippen molar-refractivity contribution in [3.05, 3.63) is 47.2 Å².